The topological polar surface area (TPSA) is 93.4 Å². The fourth-order valence-corrected chi connectivity index (χ4v) is 2.62. The first-order valence-corrected chi connectivity index (χ1v) is 7.55. The van der Waals surface area contributed by atoms with Crippen LogP contribution < -0.4 is 16.0 Å². The van der Waals surface area contributed by atoms with E-state index in [1.54, 1.807) is 17.0 Å². The summed E-state index contributed by atoms with van der Waals surface area (Å²) in [6, 6.07) is 9.05. The largest absolute Gasteiger partial charge is 0.494 e. The average molecular weight is 313 g/mol. The first-order valence-electron chi connectivity index (χ1n) is 7.55. The SMILES string of the molecule is CCOc1ccc(C(=O)N2CCc3nnc(NN)cc3C2)cc1. The number of carbonyl (C=O) groups excluding carboxylic acids is 1. The van der Waals surface area contributed by atoms with Gasteiger partial charge >= 0.3 is 0 Å². The number of nitrogen functional groups attached to an aromatic ring is 1. The molecule has 0 saturated heterocycles. The summed E-state index contributed by atoms with van der Waals surface area (Å²) in [6.45, 7) is 3.67. The highest BCUT2D eigenvalue weighted by atomic mass is 16.5. The van der Waals surface area contributed by atoms with Gasteiger partial charge in [0.25, 0.3) is 5.91 Å². The van der Waals surface area contributed by atoms with Gasteiger partial charge in [-0.05, 0) is 42.8 Å². The fourth-order valence-electron chi connectivity index (χ4n) is 2.62. The van der Waals surface area contributed by atoms with Crippen molar-refractivity contribution in [3.8, 4) is 5.75 Å². The van der Waals surface area contributed by atoms with Crippen molar-refractivity contribution in [2.24, 2.45) is 5.84 Å². The van der Waals surface area contributed by atoms with Gasteiger partial charge in [0.15, 0.2) is 5.82 Å². The van der Waals surface area contributed by atoms with E-state index in [2.05, 4.69) is 15.6 Å². The third kappa shape index (κ3) is 3.24. The van der Waals surface area contributed by atoms with Crippen LogP contribution in [0.2, 0.25) is 0 Å². The van der Waals surface area contributed by atoms with E-state index in [9.17, 15) is 4.79 Å². The van der Waals surface area contributed by atoms with Gasteiger partial charge in [-0.15, -0.1) is 5.10 Å². The summed E-state index contributed by atoms with van der Waals surface area (Å²) in [4.78, 5) is 14.4. The Labute approximate surface area is 134 Å². The van der Waals surface area contributed by atoms with Crippen LogP contribution in [-0.4, -0.2) is 34.2 Å². The Morgan fingerprint density at radius 1 is 1.35 bits per heavy atom. The van der Waals surface area contributed by atoms with Crippen LogP contribution in [0.1, 0.15) is 28.5 Å². The molecule has 0 radical (unpaired) electrons. The lowest BCUT2D eigenvalue weighted by molar-refractivity contribution is 0.0733. The molecule has 120 valence electrons. The van der Waals surface area contributed by atoms with Crippen molar-refractivity contribution in [3.63, 3.8) is 0 Å². The van der Waals surface area contributed by atoms with E-state index in [4.69, 9.17) is 10.6 Å². The molecule has 1 aromatic heterocycles. The van der Waals surface area contributed by atoms with Gasteiger partial charge in [-0.1, -0.05) is 0 Å². The van der Waals surface area contributed by atoms with E-state index in [-0.39, 0.29) is 5.91 Å². The monoisotopic (exact) mass is 313 g/mol. The number of aromatic nitrogens is 2. The Hall–Kier alpha value is -2.67. The summed E-state index contributed by atoms with van der Waals surface area (Å²) in [5.41, 5.74) is 5.02. The van der Waals surface area contributed by atoms with Crippen molar-refractivity contribution in [3.05, 3.63) is 47.2 Å². The van der Waals surface area contributed by atoms with Gasteiger partial charge in [0.1, 0.15) is 5.75 Å². The number of benzene rings is 1. The molecule has 1 amide bonds. The molecule has 0 spiro atoms. The Bertz CT molecular complexity index is 702. The van der Waals surface area contributed by atoms with E-state index in [1.165, 1.54) is 0 Å². The number of rotatable bonds is 4. The van der Waals surface area contributed by atoms with Gasteiger partial charge in [-0.25, -0.2) is 5.84 Å². The van der Waals surface area contributed by atoms with Gasteiger partial charge in [-0.3, -0.25) is 4.79 Å². The second kappa shape index (κ2) is 6.62. The molecule has 7 nitrogen and oxygen atoms in total. The van der Waals surface area contributed by atoms with Crippen LogP contribution in [0.5, 0.6) is 5.75 Å². The minimum absolute atomic E-state index is 0.00207. The summed E-state index contributed by atoms with van der Waals surface area (Å²) in [5.74, 6) is 6.63. The number of nitrogens with two attached hydrogens (primary N) is 1. The normalized spacial score (nSPS) is 13.4. The molecule has 23 heavy (non-hydrogen) atoms. The van der Waals surface area contributed by atoms with Crippen molar-refractivity contribution >= 4 is 11.7 Å². The summed E-state index contributed by atoms with van der Waals surface area (Å²) >= 11 is 0. The van der Waals surface area contributed by atoms with E-state index in [0.29, 0.717) is 37.5 Å². The van der Waals surface area contributed by atoms with Gasteiger partial charge in [0, 0.05) is 25.1 Å². The van der Waals surface area contributed by atoms with Crippen LogP contribution in [-0.2, 0) is 13.0 Å². The van der Waals surface area contributed by atoms with Crippen LogP contribution in [0.15, 0.2) is 30.3 Å². The van der Waals surface area contributed by atoms with Crippen LogP contribution in [0.25, 0.3) is 0 Å². The van der Waals surface area contributed by atoms with Gasteiger partial charge in [0.05, 0.1) is 12.3 Å². The van der Waals surface area contributed by atoms with Crippen molar-refractivity contribution in [1.29, 1.82) is 0 Å². The summed E-state index contributed by atoms with van der Waals surface area (Å²) in [6.07, 6.45) is 0.690. The van der Waals surface area contributed by atoms with E-state index in [1.807, 2.05) is 25.1 Å². The quantitative estimate of drug-likeness (QED) is 0.654. The lowest BCUT2D eigenvalue weighted by atomic mass is 10.1. The molecule has 0 atom stereocenters. The standard InChI is InChI=1S/C16H19N5O2/c1-2-23-13-5-3-11(4-6-13)16(22)21-8-7-14-12(10-21)9-15(18-17)20-19-14/h3-6,9H,2,7-8,10,17H2,1H3,(H,18,20). The predicted molar refractivity (Wildman–Crippen MR) is 85.9 cm³/mol. The van der Waals surface area contributed by atoms with Crippen molar-refractivity contribution < 1.29 is 9.53 Å². The molecule has 1 aliphatic heterocycles. The molecule has 3 rings (SSSR count). The molecule has 0 fully saturated rings. The Morgan fingerprint density at radius 3 is 2.83 bits per heavy atom. The summed E-state index contributed by atoms with van der Waals surface area (Å²) < 4.78 is 5.40. The number of nitrogens with one attached hydrogen (secondary N) is 1. The number of carbonyl (C=O) groups is 1. The minimum atomic E-state index is -0.00207. The molecular weight excluding hydrogens is 294 g/mol. The molecular formula is C16H19N5O2. The van der Waals surface area contributed by atoms with Crippen LogP contribution in [0.3, 0.4) is 0 Å². The molecule has 0 unspecified atom stereocenters. The first-order chi connectivity index (χ1) is 11.2. The fraction of sp³-hybridized carbons (Fsp3) is 0.312. The molecule has 2 heterocycles. The maximum Gasteiger partial charge on any atom is 0.254 e. The molecule has 0 bridgehead atoms. The number of anilines is 1. The maximum absolute atomic E-state index is 12.6. The molecule has 0 saturated carbocycles. The second-order valence-electron chi connectivity index (χ2n) is 5.28. The maximum atomic E-state index is 12.6. The third-order valence-electron chi connectivity index (χ3n) is 3.79. The zero-order valence-corrected chi connectivity index (χ0v) is 13.0. The first kappa shape index (κ1) is 15.2. The summed E-state index contributed by atoms with van der Waals surface area (Å²) in [7, 11) is 0. The molecule has 1 aliphatic rings. The van der Waals surface area contributed by atoms with Gasteiger partial charge < -0.3 is 15.1 Å². The lowest BCUT2D eigenvalue weighted by Crippen LogP contribution is -2.36. The number of fused-ring (bicyclic) bond motifs is 1. The average Bonchev–Trinajstić information content (AvgIpc) is 2.61. The molecule has 7 heteroatoms. The second-order valence-corrected chi connectivity index (χ2v) is 5.28. The smallest absolute Gasteiger partial charge is 0.254 e. The van der Waals surface area contributed by atoms with E-state index < -0.39 is 0 Å². The Morgan fingerprint density at radius 2 is 2.13 bits per heavy atom. The molecule has 2 aromatic rings. The highest BCUT2D eigenvalue weighted by Crippen LogP contribution is 2.21. The lowest BCUT2D eigenvalue weighted by Gasteiger charge is -2.28. The van der Waals surface area contributed by atoms with E-state index in [0.717, 1.165) is 17.0 Å². The number of hydrogen-bond acceptors (Lipinski definition) is 6. The zero-order chi connectivity index (χ0) is 16.2. The molecule has 0 aliphatic carbocycles. The van der Waals surface area contributed by atoms with Crippen LogP contribution >= 0.6 is 0 Å². The highest BCUT2D eigenvalue weighted by molar-refractivity contribution is 5.94. The number of hydrogen-bond donors (Lipinski definition) is 2. The number of amides is 1. The number of ether oxygens (including phenoxy) is 1. The molecule has 1 aromatic carbocycles. The van der Waals surface area contributed by atoms with Crippen LogP contribution in [0.4, 0.5) is 5.82 Å². The minimum Gasteiger partial charge on any atom is -0.494 e. The van der Waals surface area contributed by atoms with Gasteiger partial charge in [-0.2, -0.15) is 5.10 Å². The number of hydrazine groups is 1. The van der Waals surface area contributed by atoms with Crippen LogP contribution in [0, 0.1) is 0 Å². The third-order valence-corrected chi connectivity index (χ3v) is 3.79. The van der Waals surface area contributed by atoms with Crippen molar-refractivity contribution in [1.82, 2.24) is 15.1 Å². The highest BCUT2D eigenvalue weighted by Gasteiger charge is 2.23. The number of nitrogens with zero attached hydrogens (tertiary/aromatic N) is 3. The van der Waals surface area contributed by atoms with Crippen molar-refractivity contribution in [2.45, 2.75) is 19.9 Å². The zero-order valence-electron chi connectivity index (χ0n) is 13.0. The van der Waals surface area contributed by atoms with E-state index >= 15 is 0 Å². The summed E-state index contributed by atoms with van der Waals surface area (Å²) in [5, 5.41) is 8.10. The van der Waals surface area contributed by atoms with Crippen molar-refractivity contribution in [2.75, 3.05) is 18.6 Å². The Balaban J connectivity index is 1.75. The molecule has 3 N–H and O–H groups in total. The predicted octanol–water partition coefficient (Wildman–Crippen LogP) is 1.36. The Kier molecular flexibility index (Phi) is 4.38. The van der Waals surface area contributed by atoms with Gasteiger partial charge in [0.2, 0.25) is 0 Å².